The average Bonchev–Trinajstić information content (AvgIpc) is 3.36. The molecule has 6 nitrogen and oxygen atoms in total. The third kappa shape index (κ3) is 4.19. The molecular formula is C27H22N4O2. The normalized spacial score (nSPS) is 10.8. The second kappa shape index (κ2) is 8.96. The van der Waals surface area contributed by atoms with E-state index in [-0.39, 0.29) is 16.9 Å². The second-order valence-corrected chi connectivity index (χ2v) is 7.60. The Morgan fingerprint density at radius 3 is 2.33 bits per heavy atom. The minimum Gasteiger partial charge on any atom is -0.491 e. The molecule has 5 rings (SSSR count). The van der Waals surface area contributed by atoms with Gasteiger partial charge in [0.05, 0.1) is 37.4 Å². The molecule has 0 bridgehead atoms. The van der Waals surface area contributed by atoms with Crippen molar-refractivity contribution in [3.8, 4) is 34.0 Å². The molecule has 0 unspecified atom stereocenters. The number of hydrogen-bond donors (Lipinski definition) is 0. The van der Waals surface area contributed by atoms with Crippen molar-refractivity contribution in [3.63, 3.8) is 0 Å². The first-order chi connectivity index (χ1) is 16.2. The van der Waals surface area contributed by atoms with Crippen molar-refractivity contribution in [3.05, 3.63) is 119 Å². The van der Waals surface area contributed by atoms with Gasteiger partial charge in [-0.2, -0.15) is 10.2 Å². The third-order valence-corrected chi connectivity index (χ3v) is 5.42. The summed E-state index contributed by atoms with van der Waals surface area (Å²) in [5, 5.41) is 9.08. The minimum atomic E-state index is -0.274. The molecule has 0 fully saturated rings. The van der Waals surface area contributed by atoms with Crippen LogP contribution in [0.2, 0.25) is 0 Å². The van der Waals surface area contributed by atoms with Gasteiger partial charge in [-0.15, -0.1) is 0 Å². The minimum absolute atomic E-state index is 0.236. The lowest BCUT2D eigenvalue weighted by molar-refractivity contribution is 0.402. The molecule has 3 aromatic carbocycles. The lowest BCUT2D eigenvalue weighted by atomic mass is 10.0. The Kier molecular flexibility index (Phi) is 5.55. The molecule has 0 atom stereocenters. The molecule has 0 radical (unpaired) electrons. The van der Waals surface area contributed by atoms with Crippen LogP contribution in [0.4, 0.5) is 0 Å². The standard InChI is InChI=1S/C27H22N4O2/c1-33-25-19-30(18-20-9-8-12-22(17-20)21-10-4-2-5-11-21)29-26(27(25)32)24-15-16-28-31(24)23-13-6-3-7-14-23/h2-17,19H,18H2,1H3. The monoisotopic (exact) mass is 434 g/mol. The molecule has 0 aliphatic rings. The summed E-state index contributed by atoms with van der Waals surface area (Å²) in [7, 11) is 1.50. The van der Waals surface area contributed by atoms with Gasteiger partial charge in [-0.1, -0.05) is 66.7 Å². The maximum absolute atomic E-state index is 13.1. The van der Waals surface area contributed by atoms with Gasteiger partial charge < -0.3 is 4.74 Å². The maximum atomic E-state index is 13.1. The highest BCUT2D eigenvalue weighted by atomic mass is 16.5. The van der Waals surface area contributed by atoms with E-state index in [1.165, 1.54) is 7.11 Å². The van der Waals surface area contributed by atoms with Crippen molar-refractivity contribution in [1.82, 2.24) is 19.6 Å². The second-order valence-electron chi connectivity index (χ2n) is 7.60. The van der Waals surface area contributed by atoms with Crippen molar-refractivity contribution in [2.75, 3.05) is 7.11 Å². The zero-order chi connectivity index (χ0) is 22.6. The fourth-order valence-corrected chi connectivity index (χ4v) is 3.83. The van der Waals surface area contributed by atoms with Gasteiger partial charge in [0.25, 0.3) is 5.43 Å². The van der Waals surface area contributed by atoms with Gasteiger partial charge in [0.2, 0.25) is 0 Å². The SMILES string of the molecule is COc1cn(Cc2cccc(-c3ccccc3)c2)nc(-c2ccnn2-c2ccccc2)c1=O. The maximum Gasteiger partial charge on any atom is 0.251 e. The number of aromatic nitrogens is 4. The Morgan fingerprint density at radius 2 is 1.58 bits per heavy atom. The molecule has 0 saturated heterocycles. The Labute approximate surface area is 191 Å². The molecule has 2 heterocycles. The van der Waals surface area contributed by atoms with Crippen LogP contribution < -0.4 is 10.2 Å². The summed E-state index contributed by atoms with van der Waals surface area (Å²) in [4.78, 5) is 13.1. The Balaban J connectivity index is 1.55. The van der Waals surface area contributed by atoms with E-state index in [9.17, 15) is 4.79 Å². The molecule has 33 heavy (non-hydrogen) atoms. The smallest absolute Gasteiger partial charge is 0.251 e. The van der Waals surface area contributed by atoms with E-state index in [0.29, 0.717) is 12.2 Å². The highest BCUT2D eigenvalue weighted by Gasteiger charge is 2.17. The van der Waals surface area contributed by atoms with Crippen molar-refractivity contribution in [2.24, 2.45) is 0 Å². The zero-order valence-corrected chi connectivity index (χ0v) is 18.1. The lowest BCUT2D eigenvalue weighted by Gasteiger charge is -2.12. The van der Waals surface area contributed by atoms with Crippen LogP contribution in [-0.4, -0.2) is 26.7 Å². The summed E-state index contributed by atoms with van der Waals surface area (Å²) in [6, 6.07) is 30.0. The molecule has 162 valence electrons. The summed E-state index contributed by atoms with van der Waals surface area (Å²) < 4.78 is 8.85. The van der Waals surface area contributed by atoms with Crippen LogP contribution in [0.5, 0.6) is 5.75 Å². The third-order valence-electron chi connectivity index (χ3n) is 5.42. The molecule has 0 N–H and O–H groups in total. The van der Waals surface area contributed by atoms with Crippen LogP contribution in [0, 0.1) is 0 Å². The van der Waals surface area contributed by atoms with Crippen LogP contribution in [0.25, 0.3) is 28.2 Å². The van der Waals surface area contributed by atoms with E-state index in [1.807, 2.05) is 60.7 Å². The van der Waals surface area contributed by atoms with E-state index in [2.05, 4.69) is 34.5 Å². The van der Waals surface area contributed by atoms with E-state index >= 15 is 0 Å². The molecule has 0 spiro atoms. The first-order valence-electron chi connectivity index (χ1n) is 10.6. The van der Waals surface area contributed by atoms with E-state index in [4.69, 9.17) is 4.74 Å². The summed E-state index contributed by atoms with van der Waals surface area (Å²) in [5.41, 5.74) is 4.82. The van der Waals surface area contributed by atoms with Crippen LogP contribution in [0.15, 0.2) is 108 Å². The number of nitrogens with zero attached hydrogens (tertiary/aromatic N) is 4. The largest absolute Gasteiger partial charge is 0.491 e. The molecule has 6 heteroatoms. The van der Waals surface area contributed by atoms with E-state index in [0.717, 1.165) is 22.4 Å². The predicted molar refractivity (Wildman–Crippen MR) is 129 cm³/mol. The molecule has 0 aliphatic carbocycles. The Morgan fingerprint density at radius 1 is 0.848 bits per heavy atom. The molecule has 5 aromatic rings. The summed E-state index contributed by atoms with van der Waals surface area (Å²) in [5.74, 6) is 0.236. The fraction of sp³-hybridized carbons (Fsp3) is 0.0741. The summed E-state index contributed by atoms with van der Waals surface area (Å²) in [6.45, 7) is 0.490. The van der Waals surface area contributed by atoms with E-state index in [1.54, 1.807) is 27.8 Å². The summed E-state index contributed by atoms with van der Waals surface area (Å²) in [6.07, 6.45) is 3.31. The Bertz CT molecular complexity index is 1440. The lowest BCUT2D eigenvalue weighted by Crippen LogP contribution is -2.19. The topological polar surface area (TPSA) is 61.9 Å². The molecule has 2 aromatic heterocycles. The highest BCUT2D eigenvalue weighted by molar-refractivity contribution is 5.64. The van der Waals surface area contributed by atoms with Gasteiger partial charge in [0, 0.05) is 0 Å². The first kappa shape index (κ1) is 20.5. The van der Waals surface area contributed by atoms with E-state index < -0.39 is 0 Å². The zero-order valence-electron chi connectivity index (χ0n) is 18.1. The van der Waals surface area contributed by atoms with Gasteiger partial charge in [-0.25, -0.2) is 4.68 Å². The first-order valence-corrected chi connectivity index (χ1v) is 10.6. The van der Waals surface area contributed by atoms with Crippen LogP contribution in [0.1, 0.15) is 5.56 Å². The average molecular weight is 434 g/mol. The van der Waals surface area contributed by atoms with Crippen LogP contribution in [0.3, 0.4) is 0 Å². The highest BCUT2D eigenvalue weighted by Crippen LogP contribution is 2.22. The van der Waals surface area contributed by atoms with Crippen LogP contribution in [-0.2, 0) is 6.54 Å². The molecule has 0 saturated carbocycles. The number of hydrogen-bond acceptors (Lipinski definition) is 4. The van der Waals surface area contributed by atoms with Gasteiger partial charge in [0.1, 0.15) is 0 Å². The number of benzene rings is 3. The Hall–Kier alpha value is -4.45. The summed E-state index contributed by atoms with van der Waals surface area (Å²) >= 11 is 0. The number of para-hydroxylation sites is 1. The van der Waals surface area contributed by atoms with Crippen molar-refractivity contribution >= 4 is 0 Å². The number of ether oxygens (including phenoxy) is 1. The quantitative estimate of drug-likeness (QED) is 0.384. The van der Waals surface area contributed by atoms with Gasteiger partial charge in [-0.05, 0) is 41.0 Å². The van der Waals surface area contributed by atoms with Crippen molar-refractivity contribution < 1.29 is 4.74 Å². The van der Waals surface area contributed by atoms with Crippen molar-refractivity contribution in [2.45, 2.75) is 6.54 Å². The van der Waals surface area contributed by atoms with Gasteiger partial charge in [0.15, 0.2) is 11.4 Å². The van der Waals surface area contributed by atoms with Gasteiger partial charge >= 0.3 is 0 Å². The predicted octanol–water partition coefficient (Wildman–Crippen LogP) is 4.82. The molecule has 0 amide bonds. The molecular weight excluding hydrogens is 412 g/mol. The molecule has 0 aliphatic heterocycles. The fourth-order valence-electron chi connectivity index (χ4n) is 3.83. The number of methoxy groups -OCH3 is 1. The van der Waals surface area contributed by atoms with Crippen LogP contribution >= 0.6 is 0 Å². The number of rotatable bonds is 6. The van der Waals surface area contributed by atoms with Gasteiger partial charge in [-0.3, -0.25) is 9.48 Å². The van der Waals surface area contributed by atoms with Crippen molar-refractivity contribution in [1.29, 1.82) is 0 Å².